The van der Waals surface area contributed by atoms with Gasteiger partial charge in [0.1, 0.15) is 5.82 Å². The number of carbonyl (C=O) groups excluding carboxylic acids is 1. The molecule has 1 heterocycles. The molecular weight excluding hydrogens is 223 g/mol. The van der Waals surface area contributed by atoms with Crippen molar-refractivity contribution in [3.63, 3.8) is 0 Å². The Kier molecular flexibility index (Phi) is 3.27. The SMILES string of the molecule is O=C(C=Cc1ccccc1F)c1ccsc1. The fourth-order valence-electron chi connectivity index (χ4n) is 1.28. The molecule has 0 fully saturated rings. The van der Waals surface area contributed by atoms with Crippen molar-refractivity contribution in [2.45, 2.75) is 0 Å². The lowest BCUT2D eigenvalue weighted by Crippen LogP contribution is -1.90. The molecule has 0 N–H and O–H groups in total. The molecule has 1 nitrogen and oxygen atoms in total. The van der Waals surface area contributed by atoms with Crippen LogP contribution in [0.5, 0.6) is 0 Å². The maximum absolute atomic E-state index is 13.2. The van der Waals surface area contributed by atoms with E-state index in [4.69, 9.17) is 0 Å². The predicted octanol–water partition coefficient (Wildman–Crippen LogP) is 3.78. The van der Waals surface area contributed by atoms with Gasteiger partial charge in [-0.25, -0.2) is 4.39 Å². The van der Waals surface area contributed by atoms with E-state index in [1.165, 1.54) is 29.6 Å². The van der Waals surface area contributed by atoms with Gasteiger partial charge in [0.05, 0.1) is 0 Å². The molecule has 0 aliphatic carbocycles. The van der Waals surface area contributed by atoms with E-state index in [2.05, 4.69) is 0 Å². The first-order valence-corrected chi connectivity index (χ1v) is 5.71. The van der Waals surface area contributed by atoms with E-state index in [1.54, 1.807) is 29.6 Å². The van der Waals surface area contributed by atoms with Crippen molar-refractivity contribution in [2.75, 3.05) is 0 Å². The third-order valence-corrected chi connectivity index (χ3v) is 2.81. The van der Waals surface area contributed by atoms with Gasteiger partial charge in [-0.05, 0) is 29.7 Å². The lowest BCUT2D eigenvalue weighted by Gasteiger charge is -1.94. The molecule has 0 aliphatic heterocycles. The topological polar surface area (TPSA) is 17.1 Å². The number of rotatable bonds is 3. The number of halogens is 1. The Morgan fingerprint density at radius 3 is 2.75 bits per heavy atom. The first kappa shape index (κ1) is 10.8. The van der Waals surface area contributed by atoms with Crippen LogP contribution in [0.1, 0.15) is 15.9 Å². The van der Waals surface area contributed by atoms with Gasteiger partial charge in [-0.3, -0.25) is 4.79 Å². The molecule has 0 saturated heterocycles. The fourth-order valence-corrected chi connectivity index (χ4v) is 1.92. The van der Waals surface area contributed by atoms with Crippen molar-refractivity contribution in [1.82, 2.24) is 0 Å². The summed E-state index contributed by atoms with van der Waals surface area (Å²) in [5.74, 6) is -0.429. The minimum absolute atomic E-state index is 0.107. The summed E-state index contributed by atoms with van der Waals surface area (Å²) in [6, 6.07) is 8.10. The van der Waals surface area contributed by atoms with Gasteiger partial charge in [-0.1, -0.05) is 18.2 Å². The van der Waals surface area contributed by atoms with Crippen molar-refractivity contribution < 1.29 is 9.18 Å². The summed E-state index contributed by atoms with van der Waals surface area (Å²) < 4.78 is 13.2. The molecule has 16 heavy (non-hydrogen) atoms. The van der Waals surface area contributed by atoms with Crippen molar-refractivity contribution in [3.8, 4) is 0 Å². The third-order valence-electron chi connectivity index (χ3n) is 2.13. The average Bonchev–Trinajstić information content (AvgIpc) is 2.81. The Bertz CT molecular complexity index is 514. The first-order valence-electron chi connectivity index (χ1n) is 4.76. The molecule has 0 bridgehead atoms. The van der Waals surface area contributed by atoms with Crippen LogP contribution in [0.4, 0.5) is 4.39 Å². The largest absolute Gasteiger partial charge is 0.289 e. The molecule has 0 saturated carbocycles. The van der Waals surface area contributed by atoms with E-state index in [0.29, 0.717) is 11.1 Å². The van der Waals surface area contributed by atoms with Crippen LogP contribution in [0.15, 0.2) is 47.2 Å². The lowest BCUT2D eigenvalue weighted by atomic mass is 10.1. The maximum Gasteiger partial charge on any atom is 0.186 e. The smallest absolute Gasteiger partial charge is 0.186 e. The monoisotopic (exact) mass is 232 g/mol. The number of benzene rings is 1. The molecule has 3 heteroatoms. The molecule has 0 radical (unpaired) electrons. The highest BCUT2D eigenvalue weighted by molar-refractivity contribution is 7.08. The molecular formula is C13H9FOS. The minimum Gasteiger partial charge on any atom is -0.289 e. The lowest BCUT2D eigenvalue weighted by molar-refractivity contribution is 0.104. The average molecular weight is 232 g/mol. The molecule has 0 atom stereocenters. The molecule has 1 aromatic heterocycles. The second-order valence-electron chi connectivity index (χ2n) is 3.23. The van der Waals surface area contributed by atoms with E-state index in [-0.39, 0.29) is 11.6 Å². The Balaban J connectivity index is 2.16. The number of thiophene rings is 1. The van der Waals surface area contributed by atoms with Gasteiger partial charge in [0.15, 0.2) is 5.78 Å². The third kappa shape index (κ3) is 2.44. The fraction of sp³-hybridized carbons (Fsp3) is 0. The van der Waals surface area contributed by atoms with Crippen molar-refractivity contribution in [3.05, 3.63) is 64.1 Å². The highest BCUT2D eigenvalue weighted by Crippen LogP contribution is 2.11. The second kappa shape index (κ2) is 4.86. The zero-order valence-corrected chi connectivity index (χ0v) is 9.21. The maximum atomic E-state index is 13.2. The van der Waals surface area contributed by atoms with Crippen LogP contribution in [0.2, 0.25) is 0 Å². The Morgan fingerprint density at radius 1 is 1.25 bits per heavy atom. The van der Waals surface area contributed by atoms with Crippen LogP contribution in [-0.4, -0.2) is 5.78 Å². The van der Waals surface area contributed by atoms with E-state index in [1.807, 2.05) is 5.38 Å². The Labute approximate surface area is 96.9 Å². The molecule has 0 amide bonds. The van der Waals surface area contributed by atoms with E-state index in [0.717, 1.165) is 0 Å². The number of allylic oxidation sites excluding steroid dienone is 1. The molecule has 1 aromatic carbocycles. The zero-order chi connectivity index (χ0) is 11.4. The molecule has 0 aliphatic rings. The first-order chi connectivity index (χ1) is 7.77. The van der Waals surface area contributed by atoms with Crippen molar-refractivity contribution in [1.29, 1.82) is 0 Å². The summed E-state index contributed by atoms with van der Waals surface area (Å²) in [4.78, 5) is 11.6. The van der Waals surface area contributed by atoms with Crippen LogP contribution in [0.25, 0.3) is 6.08 Å². The molecule has 0 spiro atoms. The van der Waals surface area contributed by atoms with Gasteiger partial charge in [-0.2, -0.15) is 11.3 Å². The molecule has 0 unspecified atom stereocenters. The highest BCUT2D eigenvalue weighted by atomic mass is 32.1. The number of hydrogen-bond acceptors (Lipinski definition) is 2. The predicted molar refractivity (Wildman–Crippen MR) is 64.1 cm³/mol. The van der Waals surface area contributed by atoms with Gasteiger partial charge in [0.2, 0.25) is 0 Å². The van der Waals surface area contributed by atoms with Crippen LogP contribution in [0.3, 0.4) is 0 Å². The zero-order valence-electron chi connectivity index (χ0n) is 8.39. The quantitative estimate of drug-likeness (QED) is 0.581. The standard InChI is InChI=1S/C13H9FOS/c14-12-4-2-1-3-10(12)5-6-13(15)11-7-8-16-9-11/h1-9H. The number of ketones is 1. The van der Waals surface area contributed by atoms with E-state index >= 15 is 0 Å². The summed E-state index contributed by atoms with van der Waals surface area (Å²) >= 11 is 1.46. The van der Waals surface area contributed by atoms with Crippen LogP contribution < -0.4 is 0 Å². The van der Waals surface area contributed by atoms with Gasteiger partial charge < -0.3 is 0 Å². The van der Waals surface area contributed by atoms with Crippen LogP contribution in [0, 0.1) is 5.82 Å². The van der Waals surface area contributed by atoms with Crippen LogP contribution >= 0.6 is 11.3 Å². The Morgan fingerprint density at radius 2 is 2.06 bits per heavy atom. The molecule has 2 aromatic rings. The summed E-state index contributed by atoms with van der Waals surface area (Å²) in [6.07, 6.45) is 2.88. The minimum atomic E-state index is -0.322. The van der Waals surface area contributed by atoms with Gasteiger partial charge in [0.25, 0.3) is 0 Å². The molecule has 2 rings (SSSR count). The molecule has 80 valence electrons. The van der Waals surface area contributed by atoms with E-state index < -0.39 is 0 Å². The summed E-state index contributed by atoms with van der Waals surface area (Å²) in [6.45, 7) is 0. The summed E-state index contributed by atoms with van der Waals surface area (Å²) in [5.41, 5.74) is 1.06. The van der Waals surface area contributed by atoms with Gasteiger partial charge in [-0.15, -0.1) is 0 Å². The van der Waals surface area contributed by atoms with Crippen molar-refractivity contribution in [2.24, 2.45) is 0 Å². The second-order valence-corrected chi connectivity index (χ2v) is 4.01. The number of carbonyl (C=O) groups is 1. The van der Waals surface area contributed by atoms with Gasteiger partial charge >= 0.3 is 0 Å². The number of hydrogen-bond donors (Lipinski definition) is 0. The van der Waals surface area contributed by atoms with Crippen LogP contribution in [-0.2, 0) is 0 Å². The summed E-state index contributed by atoms with van der Waals surface area (Å²) in [5, 5.41) is 3.61. The summed E-state index contributed by atoms with van der Waals surface area (Å²) in [7, 11) is 0. The Hall–Kier alpha value is -1.74. The normalized spacial score (nSPS) is 10.8. The van der Waals surface area contributed by atoms with Gasteiger partial charge in [0, 0.05) is 16.5 Å². The van der Waals surface area contributed by atoms with E-state index in [9.17, 15) is 9.18 Å². The highest BCUT2D eigenvalue weighted by Gasteiger charge is 2.02. The van der Waals surface area contributed by atoms with Crippen molar-refractivity contribution >= 4 is 23.2 Å².